The number of allylic oxidation sites excluding steroid dienone is 4. The molecule has 0 aromatic carbocycles. The van der Waals surface area contributed by atoms with Gasteiger partial charge in [0.15, 0.2) is 11.6 Å². The Morgan fingerprint density at radius 3 is 1.31 bits per heavy atom. The number of rotatable bonds is 6. The first-order valence-electron chi connectivity index (χ1n) is 5.88. The maximum absolute atomic E-state index is 10.2. The summed E-state index contributed by atoms with van der Waals surface area (Å²) < 4.78 is 0. The number of ketones is 2. The van der Waals surface area contributed by atoms with Crippen LogP contribution in [0.15, 0.2) is 24.3 Å². The monoisotopic (exact) mass is 224 g/mol. The van der Waals surface area contributed by atoms with Crippen molar-refractivity contribution < 1.29 is 9.59 Å². The van der Waals surface area contributed by atoms with E-state index in [0.29, 0.717) is 0 Å². The molecule has 0 unspecified atom stereocenters. The molecule has 0 radical (unpaired) electrons. The molecule has 0 aliphatic carbocycles. The van der Waals surface area contributed by atoms with Crippen molar-refractivity contribution in [3.63, 3.8) is 0 Å². The van der Waals surface area contributed by atoms with Crippen LogP contribution in [0.1, 0.15) is 53.4 Å². The molecule has 0 rings (SSSR count). The topological polar surface area (TPSA) is 34.1 Å². The third-order valence-electron chi connectivity index (χ3n) is 1.62. The molecule has 0 aliphatic heterocycles. The number of unbranched alkanes of at least 4 members (excludes halogenated alkanes) is 2. The molecule has 0 aromatic rings. The van der Waals surface area contributed by atoms with Crippen molar-refractivity contribution in [3.05, 3.63) is 24.3 Å². The zero-order valence-electron chi connectivity index (χ0n) is 11.0. The Balaban J connectivity index is 0. The van der Waals surface area contributed by atoms with E-state index in [2.05, 4.69) is 13.8 Å². The molecule has 2 heteroatoms. The average molecular weight is 224 g/mol. The van der Waals surface area contributed by atoms with Crippen LogP contribution in [-0.4, -0.2) is 11.6 Å². The number of carbonyl (C=O) groups excluding carboxylic acids is 2. The molecule has 92 valence electrons. The van der Waals surface area contributed by atoms with Gasteiger partial charge >= 0.3 is 0 Å². The largest absolute Gasteiger partial charge is 0.295 e. The van der Waals surface area contributed by atoms with Gasteiger partial charge in [0.05, 0.1) is 0 Å². The average Bonchev–Trinajstić information content (AvgIpc) is 2.18. The van der Waals surface area contributed by atoms with Crippen LogP contribution in [0.2, 0.25) is 0 Å². The zero-order valence-corrected chi connectivity index (χ0v) is 11.0. The van der Waals surface area contributed by atoms with Crippen LogP contribution in [0, 0.1) is 0 Å². The van der Waals surface area contributed by atoms with E-state index < -0.39 is 0 Å². The van der Waals surface area contributed by atoms with Crippen LogP contribution in [0.5, 0.6) is 0 Å². The van der Waals surface area contributed by atoms with E-state index in [-0.39, 0.29) is 11.6 Å². The Labute approximate surface area is 99.4 Å². The number of carbonyl (C=O) groups is 2. The summed E-state index contributed by atoms with van der Waals surface area (Å²) in [6.45, 7) is 7.30. The van der Waals surface area contributed by atoms with Crippen molar-refractivity contribution in [3.8, 4) is 0 Å². The summed E-state index contributed by atoms with van der Waals surface area (Å²) >= 11 is 0. The molecular formula is C14H24O2. The highest BCUT2D eigenvalue weighted by Gasteiger charge is 1.78. The Kier molecular flexibility index (Phi) is 14.9. The molecule has 0 spiro atoms. The Morgan fingerprint density at radius 1 is 0.812 bits per heavy atom. The zero-order chi connectivity index (χ0) is 12.8. The molecule has 0 saturated heterocycles. The fourth-order valence-corrected chi connectivity index (χ4v) is 0.832. The minimum absolute atomic E-state index is 0.137. The normalized spacial score (nSPS) is 10.2. The van der Waals surface area contributed by atoms with Crippen molar-refractivity contribution in [2.75, 3.05) is 0 Å². The molecule has 2 nitrogen and oxygen atoms in total. The summed E-state index contributed by atoms with van der Waals surface area (Å²) in [5.41, 5.74) is 0. The number of hydrogen-bond acceptors (Lipinski definition) is 2. The molecule has 0 N–H and O–H groups in total. The molecule has 0 saturated carbocycles. The maximum atomic E-state index is 10.2. The Hall–Kier alpha value is -1.18. The second-order valence-electron chi connectivity index (χ2n) is 3.60. The van der Waals surface area contributed by atoms with Crippen LogP contribution in [-0.2, 0) is 9.59 Å². The van der Waals surface area contributed by atoms with Gasteiger partial charge in [-0.1, -0.05) is 38.8 Å². The van der Waals surface area contributed by atoms with E-state index in [1.807, 2.05) is 12.2 Å². The van der Waals surface area contributed by atoms with Gasteiger partial charge in [-0.15, -0.1) is 0 Å². The van der Waals surface area contributed by atoms with Gasteiger partial charge in [0.2, 0.25) is 0 Å². The molecule has 0 atom stereocenters. The highest BCUT2D eigenvalue weighted by atomic mass is 16.1. The van der Waals surface area contributed by atoms with Crippen molar-refractivity contribution >= 4 is 11.6 Å². The first-order valence-corrected chi connectivity index (χ1v) is 5.88. The summed E-state index contributed by atoms with van der Waals surface area (Å²) in [6.07, 6.45) is 11.3. The van der Waals surface area contributed by atoms with Gasteiger partial charge in [0.25, 0.3) is 0 Å². The molecular weight excluding hydrogens is 200 g/mol. The third-order valence-corrected chi connectivity index (χ3v) is 1.62. The summed E-state index contributed by atoms with van der Waals surface area (Å²) in [6, 6.07) is 0. The van der Waals surface area contributed by atoms with E-state index in [1.54, 1.807) is 26.0 Å². The molecule has 0 fully saturated rings. The van der Waals surface area contributed by atoms with Gasteiger partial charge in [0, 0.05) is 0 Å². The Bertz CT molecular complexity index is 211. The number of hydrogen-bond donors (Lipinski definition) is 0. The van der Waals surface area contributed by atoms with Crippen molar-refractivity contribution in [1.82, 2.24) is 0 Å². The second-order valence-corrected chi connectivity index (χ2v) is 3.60. The molecule has 16 heavy (non-hydrogen) atoms. The SMILES string of the molecule is CCCC=CC(C)=O.CCCC=CC(C)=O. The fraction of sp³-hybridized carbons (Fsp3) is 0.571. The molecule has 0 amide bonds. The molecule has 0 aromatic heterocycles. The predicted octanol–water partition coefficient (Wildman–Crippen LogP) is 3.86. The maximum Gasteiger partial charge on any atom is 0.152 e. The van der Waals surface area contributed by atoms with E-state index >= 15 is 0 Å². The molecule has 0 bridgehead atoms. The highest BCUT2D eigenvalue weighted by Crippen LogP contribution is 1.88. The van der Waals surface area contributed by atoms with Gasteiger partial charge < -0.3 is 0 Å². The lowest BCUT2D eigenvalue weighted by atomic mass is 10.3. The van der Waals surface area contributed by atoms with Crippen LogP contribution < -0.4 is 0 Å². The van der Waals surface area contributed by atoms with Gasteiger partial charge in [-0.25, -0.2) is 0 Å². The van der Waals surface area contributed by atoms with E-state index in [0.717, 1.165) is 25.7 Å². The van der Waals surface area contributed by atoms with Gasteiger partial charge in [0.1, 0.15) is 0 Å². The van der Waals surface area contributed by atoms with Crippen molar-refractivity contribution in [1.29, 1.82) is 0 Å². The summed E-state index contributed by atoms with van der Waals surface area (Å²) in [5, 5.41) is 0. The first-order chi connectivity index (χ1) is 7.54. The van der Waals surface area contributed by atoms with Gasteiger partial charge in [-0.2, -0.15) is 0 Å². The molecule has 0 aliphatic rings. The summed E-state index contributed by atoms with van der Waals surface area (Å²) in [7, 11) is 0. The summed E-state index contributed by atoms with van der Waals surface area (Å²) in [5.74, 6) is 0.275. The first kappa shape index (κ1) is 17.2. The van der Waals surface area contributed by atoms with E-state index in [4.69, 9.17) is 0 Å². The lowest BCUT2D eigenvalue weighted by molar-refractivity contribution is -0.113. The highest BCUT2D eigenvalue weighted by molar-refractivity contribution is 5.87. The quantitative estimate of drug-likeness (QED) is 0.642. The standard InChI is InChI=1S/2C7H12O/c2*1-3-4-5-6-7(2)8/h2*5-6H,3-4H2,1-2H3. The smallest absolute Gasteiger partial charge is 0.152 e. The van der Waals surface area contributed by atoms with Crippen LogP contribution in [0.4, 0.5) is 0 Å². The van der Waals surface area contributed by atoms with Crippen molar-refractivity contribution in [2.45, 2.75) is 53.4 Å². The Morgan fingerprint density at radius 2 is 1.12 bits per heavy atom. The lowest BCUT2D eigenvalue weighted by Crippen LogP contribution is -1.78. The summed E-state index contributed by atoms with van der Waals surface area (Å²) in [4.78, 5) is 20.5. The van der Waals surface area contributed by atoms with Crippen molar-refractivity contribution in [2.24, 2.45) is 0 Å². The lowest BCUT2D eigenvalue weighted by Gasteiger charge is -1.79. The van der Waals surface area contributed by atoms with Crippen LogP contribution in [0.25, 0.3) is 0 Å². The van der Waals surface area contributed by atoms with Crippen LogP contribution in [0.3, 0.4) is 0 Å². The van der Waals surface area contributed by atoms with Gasteiger partial charge in [-0.05, 0) is 38.8 Å². The minimum Gasteiger partial charge on any atom is -0.295 e. The minimum atomic E-state index is 0.137. The van der Waals surface area contributed by atoms with E-state index in [9.17, 15) is 9.59 Å². The third kappa shape index (κ3) is 23.0. The second kappa shape index (κ2) is 13.8. The fourth-order valence-electron chi connectivity index (χ4n) is 0.832. The van der Waals surface area contributed by atoms with E-state index in [1.165, 1.54) is 0 Å². The molecule has 0 heterocycles. The predicted molar refractivity (Wildman–Crippen MR) is 69.5 cm³/mol. The van der Waals surface area contributed by atoms with Crippen LogP contribution >= 0.6 is 0 Å². The van der Waals surface area contributed by atoms with Gasteiger partial charge in [-0.3, -0.25) is 9.59 Å².